The lowest BCUT2D eigenvalue weighted by atomic mass is 10.1. The standard InChI is InChI=1S/C19H28N4OS2/c1-14(17(24)21-19(2,3)4)23-8-6-22(7-9-23)11-16-13-26-18(20-16)15-5-10-25-12-15/h5,10,12-14H,6-9,11H2,1-4H3,(H,21,24). The minimum absolute atomic E-state index is 0.0826. The van der Waals surface area contributed by atoms with Crippen molar-refractivity contribution in [2.45, 2.75) is 45.8 Å². The maximum atomic E-state index is 12.4. The van der Waals surface area contributed by atoms with Crippen molar-refractivity contribution in [3.05, 3.63) is 27.9 Å². The highest BCUT2D eigenvalue weighted by atomic mass is 32.1. The molecule has 0 spiro atoms. The Morgan fingerprint density at radius 2 is 2.00 bits per heavy atom. The molecule has 1 saturated heterocycles. The molecule has 0 saturated carbocycles. The fourth-order valence-corrected chi connectivity index (χ4v) is 4.60. The number of thiophene rings is 1. The molecule has 0 aliphatic carbocycles. The molecule has 7 heteroatoms. The first kappa shape index (κ1) is 19.5. The van der Waals surface area contributed by atoms with Gasteiger partial charge in [-0.2, -0.15) is 11.3 Å². The number of hydrogen-bond donors (Lipinski definition) is 1. The van der Waals surface area contributed by atoms with Crippen LogP contribution in [0, 0.1) is 0 Å². The van der Waals surface area contributed by atoms with Gasteiger partial charge in [-0.3, -0.25) is 14.6 Å². The van der Waals surface area contributed by atoms with Gasteiger partial charge >= 0.3 is 0 Å². The monoisotopic (exact) mass is 392 g/mol. The van der Waals surface area contributed by atoms with E-state index in [0.717, 1.165) is 43.4 Å². The van der Waals surface area contributed by atoms with E-state index in [1.807, 2.05) is 27.7 Å². The number of amides is 1. The van der Waals surface area contributed by atoms with E-state index in [0.29, 0.717) is 0 Å². The van der Waals surface area contributed by atoms with Crippen molar-refractivity contribution >= 4 is 28.6 Å². The van der Waals surface area contributed by atoms with Gasteiger partial charge in [0.1, 0.15) is 5.01 Å². The Kier molecular flexibility index (Phi) is 6.12. The van der Waals surface area contributed by atoms with Gasteiger partial charge in [0, 0.05) is 54.6 Å². The van der Waals surface area contributed by atoms with Gasteiger partial charge in [-0.15, -0.1) is 11.3 Å². The maximum absolute atomic E-state index is 12.4. The number of piperazine rings is 1. The van der Waals surface area contributed by atoms with Gasteiger partial charge in [-0.25, -0.2) is 4.98 Å². The molecule has 1 N–H and O–H groups in total. The summed E-state index contributed by atoms with van der Waals surface area (Å²) in [5.74, 6) is 0.117. The Bertz CT molecular complexity index is 712. The average molecular weight is 393 g/mol. The van der Waals surface area contributed by atoms with E-state index in [9.17, 15) is 4.79 Å². The third-order valence-electron chi connectivity index (χ3n) is 4.54. The lowest BCUT2D eigenvalue weighted by Crippen LogP contribution is -2.56. The second-order valence-corrected chi connectivity index (χ2v) is 9.52. The van der Waals surface area contributed by atoms with Crippen LogP contribution >= 0.6 is 22.7 Å². The van der Waals surface area contributed by atoms with Crippen LogP contribution in [0.25, 0.3) is 10.6 Å². The number of thiazole rings is 1. The largest absolute Gasteiger partial charge is 0.350 e. The lowest BCUT2D eigenvalue weighted by Gasteiger charge is -2.38. The molecule has 0 radical (unpaired) electrons. The van der Waals surface area contributed by atoms with Crippen molar-refractivity contribution in [3.8, 4) is 10.6 Å². The minimum Gasteiger partial charge on any atom is -0.350 e. The van der Waals surface area contributed by atoms with E-state index in [1.165, 1.54) is 5.56 Å². The molecule has 3 heterocycles. The highest BCUT2D eigenvalue weighted by molar-refractivity contribution is 7.14. The van der Waals surface area contributed by atoms with Crippen LogP contribution in [-0.2, 0) is 11.3 Å². The molecule has 2 aromatic rings. The Morgan fingerprint density at radius 3 is 2.62 bits per heavy atom. The molecule has 2 aromatic heterocycles. The van der Waals surface area contributed by atoms with Crippen LogP contribution in [0.3, 0.4) is 0 Å². The predicted octanol–water partition coefficient (Wildman–Crippen LogP) is 3.29. The Balaban J connectivity index is 1.49. The molecular formula is C19H28N4OS2. The van der Waals surface area contributed by atoms with Crippen LogP contribution in [0.5, 0.6) is 0 Å². The van der Waals surface area contributed by atoms with Crippen molar-refractivity contribution in [1.82, 2.24) is 20.1 Å². The van der Waals surface area contributed by atoms with Gasteiger partial charge in [0.25, 0.3) is 0 Å². The van der Waals surface area contributed by atoms with E-state index in [2.05, 4.69) is 37.3 Å². The summed E-state index contributed by atoms with van der Waals surface area (Å²) >= 11 is 3.42. The summed E-state index contributed by atoms with van der Waals surface area (Å²) < 4.78 is 0. The van der Waals surface area contributed by atoms with E-state index in [-0.39, 0.29) is 17.5 Å². The smallest absolute Gasteiger partial charge is 0.237 e. The fourth-order valence-electron chi connectivity index (χ4n) is 3.08. The van der Waals surface area contributed by atoms with E-state index in [1.54, 1.807) is 22.7 Å². The van der Waals surface area contributed by atoms with Gasteiger partial charge in [0.15, 0.2) is 0 Å². The number of carbonyl (C=O) groups excluding carboxylic acids is 1. The van der Waals surface area contributed by atoms with Crippen LogP contribution in [-0.4, -0.2) is 58.5 Å². The first-order valence-corrected chi connectivity index (χ1v) is 10.9. The van der Waals surface area contributed by atoms with Crippen LogP contribution in [0.2, 0.25) is 0 Å². The van der Waals surface area contributed by atoms with E-state index in [4.69, 9.17) is 4.98 Å². The average Bonchev–Trinajstić information content (AvgIpc) is 3.24. The summed E-state index contributed by atoms with van der Waals surface area (Å²) in [5, 5.41) is 10.6. The first-order valence-electron chi connectivity index (χ1n) is 9.07. The zero-order chi connectivity index (χ0) is 18.7. The van der Waals surface area contributed by atoms with Gasteiger partial charge in [0.05, 0.1) is 11.7 Å². The number of rotatable bonds is 5. The van der Waals surface area contributed by atoms with Crippen molar-refractivity contribution in [3.63, 3.8) is 0 Å². The lowest BCUT2D eigenvalue weighted by molar-refractivity contribution is -0.128. The summed E-state index contributed by atoms with van der Waals surface area (Å²) in [6.45, 7) is 12.7. The number of nitrogens with one attached hydrogen (secondary N) is 1. The highest BCUT2D eigenvalue weighted by Gasteiger charge is 2.27. The van der Waals surface area contributed by atoms with Crippen LogP contribution in [0.15, 0.2) is 22.2 Å². The summed E-state index contributed by atoms with van der Waals surface area (Å²) in [6, 6.07) is 2.04. The quantitative estimate of drug-likeness (QED) is 0.848. The molecule has 1 aliphatic heterocycles. The molecule has 5 nitrogen and oxygen atoms in total. The molecule has 26 heavy (non-hydrogen) atoms. The fraction of sp³-hybridized carbons (Fsp3) is 0.579. The minimum atomic E-state index is -0.183. The highest BCUT2D eigenvalue weighted by Crippen LogP contribution is 2.26. The van der Waals surface area contributed by atoms with Crippen molar-refractivity contribution in [2.24, 2.45) is 0 Å². The van der Waals surface area contributed by atoms with Gasteiger partial charge in [-0.05, 0) is 39.1 Å². The first-order chi connectivity index (χ1) is 12.3. The molecule has 142 valence electrons. The molecule has 1 unspecified atom stereocenters. The molecule has 1 aliphatic rings. The topological polar surface area (TPSA) is 48.5 Å². The van der Waals surface area contributed by atoms with E-state index >= 15 is 0 Å². The van der Waals surface area contributed by atoms with Crippen LogP contribution in [0.1, 0.15) is 33.4 Å². The molecular weight excluding hydrogens is 364 g/mol. The van der Waals surface area contributed by atoms with Gasteiger partial charge < -0.3 is 5.32 Å². The molecule has 0 aromatic carbocycles. The zero-order valence-electron chi connectivity index (χ0n) is 16.0. The summed E-state index contributed by atoms with van der Waals surface area (Å²) in [7, 11) is 0. The second kappa shape index (κ2) is 8.17. The molecule has 1 fully saturated rings. The molecule has 0 bridgehead atoms. The Hall–Kier alpha value is -1.28. The van der Waals surface area contributed by atoms with Crippen LogP contribution < -0.4 is 5.32 Å². The van der Waals surface area contributed by atoms with Crippen molar-refractivity contribution in [2.75, 3.05) is 26.2 Å². The molecule has 1 atom stereocenters. The van der Waals surface area contributed by atoms with Gasteiger partial charge in [-0.1, -0.05) is 0 Å². The summed E-state index contributed by atoms with van der Waals surface area (Å²) in [5.41, 5.74) is 2.18. The number of hydrogen-bond acceptors (Lipinski definition) is 6. The third kappa shape index (κ3) is 5.13. The summed E-state index contributed by atoms with van der Waals surface area (Å²) in [4.78, 5) is 21.8. The van der Waals surface area contributed by atoms with Gasteiger partial charge in [0.2, 0.25) is 5.91 Å². The number of nitrogens with zero attached hydrogens (tertiary/aromatic N) is 3. The zero-order valence-corrected chi connectivity index (χ0v) is 17.6. The predicted molar refractivity (Wildman–Crippen MR) is 110 cm³/mol. The second-order valence-electron chi connectivity index (χ2n) is 7.88. The third-order valence-corrected chi connectivity index (χ3v) is 6.16. The number of carbonyl (C=O) groups is 1. The van der Waals surface area contributed by atoms with Crippen molar-refractivity contribution in [1.29, 1.82) is 0 Å². The SMILES string of the molecule is CC(C(=O)NC(C)(C)C)N1CCN(Cc2csc(-c3ccsc3)n2)CC1. The molecule has 1 amide bonds. The van der Waals surface area contributed by atoms with E-state index < -0.39 is 0 Å². The Labute approximate surface area is 164 Å². The normalized spacial score (nSPS) is 18.0. The molecule has 3 rings (SSSR count). The maximum Gasteiger partial charge on any atom is 0.237 e. The summed E-state index contributed by atoms with van der Waals surface area (Å²) in [6.07, 6.45) is 0. The number of aromatic nitrogens is 1. The van der Waals surface area contributed by atoms with Crippen LogP contribution in [0.4, 0.5) is 0 Å². The Morgan fingerprint density at radius 1 is 1.27 bits per heavy atom. The van der Waals surface area contributed by atoms with Crippen molar-refractivity contribution < 1.29 is 4.79 Å².